The first-order chi connectivity index (χ1) is 6.88. The summed E-state index contributed by atoms with van der Waals surface area (Å²) in [6.07, 6.45) is 1.14. The molecule has 0 fully saturated rings. The first kappa shape index (κ1) is 13.0. The van der Waals surface area contributed by atoms with Gasteiger partial charge in [0.15, 0.2) is 9.84 Å². The molecule has 0 radical (unpaired) electrons. The van der Waals surface area contributed by atoms with Gasteiger partial charge < -0.3 is 4.74 Å². The highest BCUT2D eigenvalue weighted by Gasteiger charge is 2.17. The lowest BCUT2D eigenvalue weighted by atomic mass is 10.2. The molecular formula is C9H10BrClO3S. The zero-order valence-corrected chi connectivity index (χ0v) is 11.4. The van der Waals surface area contributed by atoms with Crippen LogP contribution in [0.25, 0.3) is 0 Å². The highest BCUT2D eigenvalue weighted by molar-refractivity contribution is 9.10. The molecule has 1 aromatic carbocycles. The number of ether oxygens (including phenoxy) is 1. The van der Waals surface area contributed by atoms with Crippen LogP contribution in [0.3, 0.4) is 0 Å². The molecule has 15 heavy (non-hydrogen) atoms. The predicted octanol–water partition coefficient (Wildman–Crippen LogP) is 2.65. The summed E-state index contributed by atoms with van der Waals surface area (Å²) in [7, 11) is -1.79. The highest BCUT2D eigenvalue weighted by Crippen LogP contribution is 2.31. The summed E-state index contributed by atoms with van der Waals surface area (Å²) in [4.78, 5) is 0.206. The maximum absolute atomic E-state index is 11.5. The van der Waals surface area contributed by atoms with Crippen LogP contribution in [0, 0.1) is 0 Å². The van der Waals surface area contributed by atoms with Crippen molar-refractivity contribution in [3.8, 4) is 0 Å². The van der Waals surface area contributed by atoms with Gasteiger partial charge in [-0.2, -0.15) is 0 Å². The molecule has 0 aromatic heterocycles. The van der Waals surface area contributed by atoms with Crippen molar-refractivity contribution in [2.24, 2.45) is 0 Å². The summed E-state index contributed by atoms with van der Waals surface area (Å²) in [5, 5.41) is 0.375. The fourth-order valence-corrected chi connectivity index (χ4v) is 2.77. The SMILES string of the molecule is COCc1c(S(C)(=O)=O)ccc(Br)c1Cl. The number of halogens is 2. The third kappa shape index (κ3) is 2.93. The van der Waals surface area contributed by atoms with E-state index in [1.54, 1.807) is 6.07 Å². The van der Waals surface area contributed by atoms with Crippen molar-refractivity contribution in [1.29, 1.82) is 0 Å². The molecular weight excluding hydrogens is 304 g/mol. The van der Waals surface area contributed by atoms with Crippen LogP contribution in [-0.2, 0) is 21.2 Å². The first-order valence-corrected chi connectivity index (χ1v) is 7.10. The Morgan fingerprint density at radius 2 is 2.07 bits per heavy atom. The molecule has 1 aromatic rings. The van der Waals surface area contributed by atoms with Crippen molar-refractivity contribution in [2.45, 2.75) is 11.5 Å². The molecule has 0 aliphatic rings. The molecule has 0 aliphatic heterocycles. The van der Waals surface area contributed by atoms with E-state index in [1.807, 2.05) is 0 Å². The van der Waals surface area contributed by atoms with Crippen LogP contribution < -0.4 is 0 Å². The predicted molar refractivity (Wildman–Crippen MR) is 63.0 cm³/mol. The van der Waals surface area contributed by atoms with Crippen molar-refractivity contribution in [3.63, 3.8) is 0 Å². The minimum Gasteiger partial charge on any atom is -0.380 e. The van der Waals surface area contributed by atoms with Crippen LogP contribution in [0.4, 0.5) is 0 Å². The van der Waals surface area contributed by atoms with E-state index in [9.17, 15) is 8.42 Å². The summed E-state index contributed by atoms with van der Waals surface area (Å²) >= 11 is 9.23. The van der Waals surface area contributed by atoms with Gasteiger partial charge >= 0.3 is 0 Å². The Kier molecular flexibility index (Phi) is 4.17. The number of hydrogen-bond donors (Lipinski definition) is 0. The summed E-state index contributed by atoms with van der Waals surface area (Å²) in [5.41, 5.74) is 0.482. The largest absolute Gasteiger partial charge is 0.380 e. The fourth-order valence-electron chi connectivity index (χ4n) is 1.20. The van der Waals surface area contributed by atoms with E-state index in [1.165, 1.54) is 13.2 Å². The quantitative estimate of drug-likeness (QED) is 0.861. The molecule has 0 bridgehead atoms. The average molecular weight is 314 g/mol. The average Bonchev–Trinajstić information content (AvgIpc) is 2.11. The van der Waals surface area contributed by atoms with Crippen molar-refractivity contribution < 1.29 is 13.2 Å². The van der Waals surface area contributed by atoms with Gasteiger partial charge in [-0.15, -0.1) is 0 Å². The van der Waals surface area contributed by atoms with Crippen molar-refractivity contribution in [3.05, 3.63) is 27.2 Å². The van der Waals surface area contributed by atoms with Crippen LogP contribution in [-0.4, -0.2) is 21.8 Å². The molecule has 0 unspecified atom stereocenters. The minimum atomic E-state index is -3.28. The third-order valence-electron chi connectivity index (χ3n) is 1.84. The lowest BCUT2D eigenvalue weighted by molar-refractivity contribution is 0.182. The second-order valence-electron chi connectivity index (χ2n) is 3.04. The van der Waals surface area contributed by atoms with Crippen LogP contribution in [0.1, 0.15) is 5.56 Å². The Morgan fingerprint density at radius 3 is 2.53 bits per heavy atom. The standard InChI is InChI=1S/C9H10BrClO3S/c1-14-5-6-8(15(2,12)13)4-3-7(10)9(6)11/h3-4H,5H2,1-2H3. The van der Waals surface area contributed by atoms with Gasteiger partial charge in [-0.1, -0.05) is 11.6 Å². The maximum Gasteiger partial charge on any atom is 0.175 e. The maximum atomic E-state index is 11.5. The number of benzene rings is 1. The topological polar surface area (TPSA) is 43.4 Å². The lowest BCUT2D eigenvalue weighted by Gasteiger charge is -2.10. The third-order valence-corrected chi connectivity index (χ3v) is 4.34. The second-order valence-corrected chi connectivity index (χ2v) is 6.26. The fraction of sp³-hybridized carbons (Fsp3) is 0.333. The van der Waals surface area contributed by atoms with E-state index in [0.29, 0.717) is 15.1 Å². The van der Waals surface area contributed by atoms with Crippen molar-refractivity contribution in [2.75, 3.05) is 13.4 Å². The lowest BCUT2D eigenvalue weighted by Crippen LogP contribution is -2.04. The molecule has 1 rings (SSSR count). The number of methoxy groups -OCH3 is 1. The van der Waals surface area contributed by atoms with E-state index < -0.39 is 9.84 Å². The molecule has 0 amide bonds. The molecule has 0 saturated carbocycles. The number of hydrogen-bond acceptors (Lipinski definition) is 3. The molecule has 0 spiro atoms. The van der Waals surface area contributed by atoms with Crippen LogP contribution in [0.15, 0.2) is 21.5 Å². The molecule has 3 nitrogen and oxygen atoms in total. The smallest absolute Gasteiger partial charge is 0.175 e. The van der Waals surface area contributed by atoms with Gasteiger partial charge in [0, 0.05) is 23.4 Å². The second kappa shape index (κ2) is 4.82. The molecule has 0 N–H and O–H groups in total. The van der Waals surface area contributed by atoms with Gasteiger partial charge in [0.1, 0.15) is 0 Å². The van der Waals surface area contributed by atoms with Gasteiger partial charge in [0.2, 0.25) is 0 Å². The molecule has 0 heterocycles. The summed E-state index contributed by atoms with van der Waals surface area (Å²) < 4.78 is 28.5. The Hall–Kier alpha value is -0.100. The zero-order chi connectivity index (χ0) is 11.6. The molecule has 6 heteroatoms. The van der Waals surface area contributed by atoms with Gasteiger partial charge in [0.05, 0.1) is 16.5 Å². The van der Waals surface area contributed by atoms with E-state index in [0.717, 1.165) is 6.26 Å². The normalized spacial score (nSPS) is 11.7. The van der Waals surface area contributed by atoms with Crippen LogP contribution in [0.2, 0.25) is 5.02 Å². The molecule has 0 aliphatic carbocycles. The van der Waals surface area contributed by atoms with Gasteiger partial charge in [0.25, 0.3) is 0 Å². The van der Waals surface area contributed by atoms with Crippen molar-refractivity contribution in [1.82, 2.24) is 0 Å². The highest BCUT2D eigenvalue weighted by atomic mass is 79.9. The summed E-state index contributed by atoms with van der Waals surface area (Å²) in [5.74, 6) is 0. The molecule has 0 atom stereocenters. The molecule has 84 valence electrons. The van der Waals surface area contributed by atoms with Gasteiger partial charge in [-0.3, -0.25) is 0 Å². The van der Waals surface area contributed by atoms with E-state index in [4.69, 9.17) is 16.3 Å². The van der Waals surface area contributed by atoms with Crippen LogP contribution >= 0.6 is 27.5 Å². The van der Waals surface area contributed by atoms with Crippen LogP contribution in [0.5, 0.6) is 0 Å². The van der Waals surface area contributed by atoms with E-state index in [-0.39, 0.29) is 11.5 Å². The van der Waals surface area contributed by atoms with Gasteiger partial charge in [-0.25, -0.2) is 8.42 Å². The monoisotopic (exact) mass is 312 g/mol. The Morgan fingerprint density at radius 1 is 1.47 bits per heavy atom. The minimum absolute atomic E-state index is 0.167. The number of rotatable bonds is 3. The zero-order valence-electron chi connectivity index (χ0n) is 8.25. The Labute approximate surface area is 102 Å². The summed E-state index contributed by atoms with van der Waals surface area (Å²) in [6.45, 7) is 0.167. The molecule has 0 saturated heterocycles. The van der Waals surface area contributed by atoms with Gasteiger partial charge in [-0.05, 0) is 28.1 Å². The van der Waals surface area contributed by atoms with E-state index in [2.05, 4.69) is 15.9 Å². The van der Waals surface area contributed by atoms with E-state index >= 15 is 0 Å². The van der Waals surface area contributed by atoms with Crippen molar-refractivity contribution >= 4 is 37.4 Å². The Bertz CT molecular complexity index is 470. The number of sulfone groups is 1. The summed E-state index contributed by atoms with van der Waals surface area (Å²) in [6, 6.07) is 3.12. The Balaban J connectivity index is 3.47. The first-order valence-electron chi connectivity index (χ1n) is 4.03.